The average Bonchev–Trinajstić information content (AvgIpc) is 2.16. The normalized spacial score (nSPS) is 9.31. The van der Waals surface area contributed by atoms with E-state index in [1.165, 1.54) is 0 Å². The summed E-state index contributed by atoms with van der Waals surface area (Å²) < 4.78 is 5.27. The van der Waals surface area contributed by atoms with E-state index in [2.05, 4.69) is 12.6 Å². The van der Waals surface area contributed by atoms with Gasteiger partial charge in [-0.25, -0.2) is 0 Å². The van der Waals surface area contributed by atoms with Gasteiger partial charge >= 0.3 is 0 Å². The molecule has 0 aromatic heterocycles. The zero-order chi connectivity index (χ0) is 9.68. The lowest BCUT2D eigenvalue weighted by molar-refractivity contribution is 0.344. The number of benzene rings is 1. The van der Waals surface area contributed by atoms with E-state index < -0.39 is 0 Å². The first-order chi connectivity index (χ1) is 6.27. The highest BCUT2D eigenvalue weighted by molar-refractivity contribution is 7.80. The first-order valence-electron chi connectivity index (χ1n) is 3.71. The number of halogens is 1. The van der Waals surface area contributed by atoms with Crippen molar-refractivity contribution in [3.05, 3.63) is 28.8 Å². The molecule has 0 spiro atoms. The summed E-state index contributed by atoms with van der Waals surface area (Å²) in [4.78, 5) is 0. The van der Waals surface area contributed by atoms with Crippen LogP contribution in [0.25, 0.3) is 0 Å². The summed E-state index contributed by atoms with van der Waals surface area (Å²) in [7, 11) is 0. The second-order valence-electron chi connectivity index (χ2n) is 2.33. The second kappa shape index (κ2) is 5.00. The maximum Gasteiger partial charge on any atom is 0.138 e. The molecule has 0 aliphatic carbocycles. The quantitative estimate of drug-likeness (QED) is 0.783. The number of thiol groups is 1. The van der Waals surface area contributed by atoms with Gasteiger partial charge in [0, 0.05) is 5.75 Å². The van der Waals surface area contributed by atoms with Crippen LogP contribution in [0.5, 0.6) is 5.75 Å². The molecule has 0 bridgehead atoms. The monoisotopic (exact) mass is 213 g/mol. The lowest BCUT2D eigenvalue weighted by atomic mass is 10.2. The molecular formula is C9H8ClNOS. The molecule has 68 valence electrons. The molecule has 13 heavy (non-hydrogen) atoms. The van der Waals surface area contributed by atoms with Crippen LogP contribution in [0.3, 0.4) is 0 Å². The lowest BCUT2D eigenvalue weighted by Crippen LogP contribution is -1.98. The maximum atomic E-state index is 8.57. The summed E-state index contributed by atoms with van der Waals surface area (Å²) in [6.45, 7) is 0.509. The molecule has 0 saturated heterocycles. The van der Waals surface area contributed by atoms with Crippen LogP contribution in [0.1, 0.15) is 5.56 Å². The first-order valence-corrected chi connectivity index (χ1v) is 4.72. The van der Waals surface area contributed by atoms with Crippen molar-refractivity contribution in [3.8, 4) is 11.8 Å². The highest BCUT2D eigenvalue weighted by Gasteiger charge is 2.01. The fraction of sp³-hybridized carbons (Fsp3) is 0.222. The molecule has 0 N–H and O–H groups in total. The van der Waals surface area contributed by atoms with Crippen LogP contribution in [0.4, 0.5) is 0 Å². The molecule has 0 amide bonds. The highest BCUT2D eigenvalue weighted by Crippen LogP contribution is 2.24. The minimum Gasteiger partial charge on any atom is -0.491 e. The van der Waals surface area contributed by atoms with Gasteiger partial charge in [0.2, 0.25) is 0 Å². The average molecular weight is 214 g/mol. The zero-order valence-corrected chi connectivity index (χ0v) is 8.48. The van der Waals surface area contributed by atoms with Crippen molar-refractivity contribution in [1.82, 2.24) is 0 Å². The number of nitriles is 1. The number of hydrogen-bond acceptors (Lipinski definition) is 3. The van der Waals surface area contributed by atoms with Gasteiger partial charge in [-0.3, -0.25) is 0 Å². The minimum absolute atomic E-state index is 0.459. The van der Waals surface area contributed by atoms with Crippen molar-refractivity contribution < 1.29 is 4.74 Å². The van der Waals surface area contributed by atoms with Gasteiger partial charge in [0.1, 0.15) is 5.75 Å². The van der Waals surface area contributed by atoms with Gasteiger partial charge in [0.05, 0.1) is 23.3 Å². The van der Waals surface area contributed by atoms with Crippen LogP contribution >= 0.6 is 24.2 Å². The molecule has 0 aliphatic rings. The third-order valence-corrected chi connectivity index (χ3v) is 1.89. The molecule has 1 rings (SSSR count). The van der Waals surface area contributed by atoms with E-state index in [4.69, 9.17) is 21.6 Å². The van der Waals surface area contributed by atoms with Gasteiger partial charge in [-0.2, -0.15) is 17.9 Å². The molecule has 0 atom stereocenters. The van der Waals surface area contributed by atoms with Gasteiger partial charge < -0.3 is 4.74 Å². The van der Waals surface area contributed by atoms with Crippen molar-refractivity contribution in [3.63, 3.8) is 0 Å². The van der Waals surface area contributed by atoms with Gasteiger partial charge in [-0.15, -0.1) is 0 Å². The van der Waals surface area contributed by atoms with Crippen molar-refractivity contribution in [2.24, 2.45) is 0 Å². The van der Waals surface area contributed by atoms with Crippen LogP contribution in [-0.2, 0) is 0 Å². The van der Waals surface area contributed by atoms with Crippen LogP contribution in [0.2, 0.25) is 5.02 Å². The molecule has 1 aromatic carbocycles. The molecule has 0 saturated carbocycles. The summed E-state index contributed by atoms with van der Waals surface area (Å²) in [6, 6.07) is 6.93. The van der Waals surface area contributed by atoms with Gasteiger partial charge in [0.15, 0.2) is 0 Å². The minimum atomic E-state index is 0.459. The van der Waals surface area contributed by atoms with Crippen molar-refractivity contribution in [2.75, 3.05) is 12.4 Å². The van der Waals surface area contributed by atoms with Gasteiger partial charge in [-0.05, 0) is 18.2 Å². The first kappa shape index (κ1) is 10.2. The summed E-state index contributed by atoms with van der Waals surface area (Å²) >= 11 is 9.85. The van der Waals surface area contributed by atoms with E-state index >= 15 is 0 Å². The third-order valence-electron chi connectivity index (χ3n) is 1.41. The third kappa shape index (κ3) is 2.83. The van der Waals surface area contributed by atoms with Gasteiger partial charge in [-0.1, -0.05) is 11.6 Å². The largest absolute Gasteiger partial charge is 0.491 e. The Hall–Kier alpha value is -0.850. The number of hydrogen-bond donors (Lipinski definition) is 1. The Kier molecular flexibility index (Phi) is 3.94. The topological polar surface area (TPSA) is 33.0 Å². The van der Waals surface area contributed by atoms with Crippen molar-refractivity contribution in [2.45, 2.75) is 0 Å². The lowest BCUT2D eigenvalue weighted by Gasteiger charge is -2.05. The molecule has 0 heterocycles. The maximum absolute atomic E-state index is 8.57. The number of nitrogens with zero attached hydrogens (tertiary/aromatic N) is 1. The fourth-order valence-electron chi connectivity index (χ4n) is 0.843. The predicted octanol–water partition coefficient (Wildman–Crippen LogP) is 2.52. The molecule has 1 aromatic rings. The second-order valence-corrected chi connectivity index (χ2v) is 3.18. The smallest absolute Gasteiger partial charge is 0.138 e. The standard InChI is InChI=1S/C9H8ClNOS/c10-8-5-7(6-11)1-2-9(8)12-3-4-13/h1-2,5,13H,3-4H2. The van der Waals surface area contributed by atoms with E-state index in [-0.39, 0.29) is 0 Å². The van der Waals surface area contributed by atoms with E-state index in [0.29, 0.717) is 28.7 Å². The molecule has 4 heteroatoms. The SMILES string of the molecule is N#Cc1ccc(OCCS)c(Cl)c1. The molecule has 0 aliphatic heterocycles. The Morgan fingerprint density at radius 3 is 2.85 bits per heavy atom. The summed E-state index contributed by atoms with van der Waals surface area (Å²) in [5, 5.41) is 9.03. The zero-order valence-electron chi connectivity index (χ0n) is 6.83. The van der Waals surface area contributed by atoms with Crippen LogP contribution < -0.4 is 4.74 Å². The van der Waals surface area contributed by atoms with Crippen molar-refractivity contribution >= 4 is 24.2 Å². The van der Waals surface area contributed by atoms with Gasteiger partial charge in [0.25, 0.3) is 0 Å². The molecule has 2 nitrogen and oxygen atoms in total. The molecular weight excluding hydrogens is 206 g/mol. The van der Waals surface area contributed by atoms with E-state index in [1.807, 2.05) is 6.07 Å². The molecule has 0 radical (unpaired) electrons. The van der Waals surface area contributed by atoms with E-state index in [1.54, 1.807) is 18.2 Å². The molecule has 0 fully saturated rings. The van der Waals surface area contributed by atoms with Crippen LogP contribution in [-0.4, -0.2) is 12.4 Å². The Morgan fingerprint density at radius 2 is 2.31 bits per heavy atom. The Labute approximate surface area is 87.5 Å². The van der Waals surface area contributed by atoms with Crippen LogP contribution in [0.15, 0.2) is 18.2 Å². The summed E-state index contributed by atoms with van der Waals surface area (Å²) in [5.74, 6) is 1.23. The Morgan fingerprint density at radius 1 is 1.54 bits per heavy atom. The van der Waals surface area contributed by atoms with Crippen LogP contribution in [0, 0.1) is 11.3 Å². The Bertz CT molecular complexity index is 335. The summed E-state index contributed by atoms with van der Waals surface area (Å²) in [5.41, 5.74) is 0.531. The Balaban J connectivity index is 2.81. The van der Waals surface area contributed by atoms with E-state index in [9.17, 15) is 0 Å². The van der Waals surface area contributed by atoms with Crippen molar-refractivity contribution in [1.29, 1.82) is 5.26 Å². The fourth-order valence-corrected chi connectivity index (χ4v) is 1.17. The molecule has 0 unspecified atom stereocenters. The number of ether oxygens (including phenoxy) is 1. The summed E-state index contributed by atoms with van der Waals surface area (Å²) in [6.07, 6.45) is 0. The predicted molar refractivity (Wildman–Crippen MR) is 55.5 cm³/mol. The number of rotatable bonds is 3. The van der Waals surface area contributed by atoms with E-state index in [0.717, 1.165) is 0 Å². The highest BCUT2D eigenvalue weighted by atomic mass is 35.5.